The van der Waals surface area contributed by atoms with Crippen LogP contribution in [-0.4, -0.2) is 36.3 Å². The summed E-state index contributed by atoms with van der Waals surface area (Å²) in [6.07, 6.45) is 0.997. The zero-order valence-corrected chi connectivity index (χ0v) is 11.3. The lowest BCUT2D eigenvalue weighted by Crippen LogP contribution is -2.32. The number of nitrogens with zero attached hydrogens (tertiary/aromatic N) is 1. The fourth-order valence-electron chi connectivity index (χ4n) is 1.87. The van der Waals surface area contributed by atoms with Gasteiger partial charge in [0.2, 0.25) is 0 Å². The second kappa shape index (κ2) is 7.07. The molecule has 0 aliphatic carbocycles. The molecule has 0 saturated carbocycles. The summed E-state index contributed by atoms with van der Waals surface area (Å²) in [5, 5.41) is 9.89. The van der Waals surface area contributed by atoms with Crippen molar-refractivity contribution in [1.82, 2.24) is 4.90 Å². The van der Waals surface area contributed by atoms with Gasteiger partial charge in [0.05, 0.1) is 12.8 Å². The van der Waals surface area contributed by atoms with Crippen LogP contribution in [0.15, 0.2) is 47.1 Å². The SMILES string of the molecule is CN(Cc1ccco1)CC(O)COc1ccc(F)cc1. The predicted octanol–water partition coefficient (Wildman–Crippen LogP) is 2.29. The number of rotatable bonds is 7. The van der Waals surface area contributed by atoms with E-state index in [0.29, 0.717) is 18.8 Å². The molecule has 0 radical (unpaired) electrons. The molecule has 1 unspecified atom stereocenters. The molecule has 108 valence electrons. The van der Waals surface area contributed by atoms with Crippen molar-refractivity contribution in [1.29, 1.82) is 0 Å². The Bertz CT molecular complexity index is 498. The van der Waals surface area contributed by atoms with Crippen molar-refractivity contribution in [3.8, 4) is 5.75 Å². The molecule has 2 rings (SSSR count). The number of benzene rings is 1. The third-order valence-corrected chi connectivity index (χ3v) is 2.78. The smallest absolute Gasteiger partial charge is 0.123 e. The molecule has 5 heteroatoms. The number of ether oxygens (including phenoxy) is 1. The molecule has 4 nitrogen and oxygen atoms in total. The fourth-order valence-corrected chi connectivity index (χ4v) is 1.87. The zero-order chi connectivity index (χ0) is 14.4. The standard InChI is InChI=1S/C15H18FNO3/c1-17(10-15-3-2-8-19-15)9-13(18)11-20-14-6-4-12(16)5-7-14/h2-8,13,18H,9-11H2,1H3. The Morgan fingerprint density at radius 1 is 1.30 bits per heavy atom. The normalized spacial score (nSPS) is 12.6. The average Bonchev–Trinajstić information content (AvgIpc) is 2.90. The van der Waals surface area contributed by atoms with E-state index in [1.807, 2.05) is 24.1 Å². The van der Waals surface area contributed by atoms with E-state index in [-0.39, 0.29) is 12.4 Å². The second-order valence-electron chi connectivity index (χ2n) is 4.69. The minimum Gasteiger partial charge on any atom is -0.491 e. The highest BCUT2D eigenvalue weighted by Gasteiger charge is 2.10. The quantitative estimate of drug-likeness (QED) is 0.844. The molecule has 1 heterocycles. The lowest BCUT2D eigenvalue weighted by molar-refractivity contribution is 0.0725. The summed E-state index contributed by atoms with van der Waals surface area (Å²) in [5.41, 5.74) is 0. The van der Waals surface area contributed by atoms with Gasteiger partial charge in [-0.25, -0.2) is 4.39 Å². The third kappa shape index (κ3) is 4.68. The topological polar surface area (TPSA) is 45.8 Å². The van der Waals surface area contributed by atoms with E-state index in [2.05, 4.69) is 0 Å². The first-order valence-corrected chi connectivity index (χ1v) is 6.41. The van der Waals surface area contributed by atoms with E-state index in [0.717, 1.165) is 5.76 Å². The molecule has 0 fully saturated rings. The van der Waals surface area contributed by atoms with Crippen LogP contribution in [0.5, 0.6) is 5.75 Å². The lowest BCUT2D eigenvalue weighted by Gasteiger charge is -2.19. The van der Waals surface area contributed by atoms with Gasteiger partial charge in [0, 0.05) is 6.54 Å². The van der Waals surface area contributed by atoms with Crippen LogP contribution in [0.2, 0.25) is 0 Å². The van der Waals surface area contributed by atoms with Crippen LogP contribution in [0.4, 0.5) is 4.39 Å². The Balaban J connectivity index is 1.71. The first kappa shape index (κ1) is 14.6. The monoisotopic (exact) mass is 279 g/mol. The number of halogens is 1. The lowest BCUT2D eigenvalue weighted by atomic mass is 10.3. The molecule has 1 aromatic carbocycles. The van der Waals surface area contributed by atoms with Gasteiger partial charge < -0.3 is 14.3 Å². The summed E-state index contributed by atoms with van der Waals surface area (Å²) in [7, 11) is 1.89. The van der Waals surface area contributed by atoms with Crippen LogP contribution in [-0.2, 0) is 6.54 Å². The summed E-state index contributed by atoms with van der Waals surface area (Å²) >= 11 is 0. The summed E-state index contributed by atoms with van der Waals surface area (Å²) < 4.78 is 23.3. The summed E-state index contributed by atoms with van der Waals surface area (Å²) in [5.74, 6) is 1.08. The highest BCUT2D eigenvalue weighted by atomic mass is 19.1. The van der Waals surface area contributed by atoms with Crippen LogP contribution >= 0.6 is 0 Å². The van der Waals surface area contributed by atoms with Crippen molar-refractivity contribution < 1.29 is 18.7 Å². The summed E-state index contributed by atoms with van der Waals surface area (Å²) in [6.45, 7) is 1.25. The van der Waals surface area contributed by atoms with Gasteiger partial charge in [0.25, 0.3) is 0 Å². The van der Waals surface area contributed by atoms with Crippen LogP contribution < -0.4 is 4.74 Å². The van der Waals surface area contributed by atoms with Gasteiger partial charge in [-0.3, -0.25) is 4.90 Å². The molecule has 20 heavy (non-hydrogen) atoms. The van der Waals surface area contributed by atoms with Gasteiger partial charge >= 0.3 is 0 Å². The maximum Gasteiger partial charge on any atom is 0.123 e. The van der Waals surface area contributed by atoms with E-state index >= 15 is 0 Å². The minimum atomic E-state index is -0.625. The van der Waals surface area contributed by atoms with E-state index in [4.69, 9.17) is 9.15 Å². The van der Waals surface area contributed by atoms with E-state index in [1.165, 1.54) is 24.3 Å². The van der Waals surface area contributed by atoms with Gasteiger partial charge in [-0.05, 0) is 43.4 Å². The minimum absolute atomic E-state index is 0.161. The molecule has 0 amide bonds. The van der Waals surface area contributed by atoms with Crippen LogP contribution in [0.1, 0.15) is 5.76 Å². The number of likely N-dealkylation sites (N-methyl/N-ethyl adjacent to an activating group) is 1. The largest absolute Gasteiger partial charge is 0.491 e. The Morgan fingerprint density at radius 3 is 2.70 bits per heavy atom. The zero-order valence-electron chi connectivity index (χ0n) is 11.3. The van der Waals surface area contributed by atoms with E-state index < -0.39 is 6.10 Å². The predicted molar refractivity (Wildman–Crippen MR) is 72.9 cm³/mol. The number of aliphatic hydroxyl groups excluding tert-OH is 1. The van der Waals surface area contributed by atoms with Crippen LogP contribution in [0.3, 0.4) is 0 Å². The van der Waals surface area contributed by atoms with Crippen LogP contribution in [0, 0.1) is 5.82 Å². The molecule has 0 aliphatic heterocycles. The van der Waals surface area contributed by atoms with Crippen molar-refractivity contribution in [2.45, 2.75) is 12.6 Å². The van der Waals surface area contributed by atoms with Crippen molar-refractivity contribution >= 4 is 0 Å². The maximum atomic E-state index is 12.7. The molecule has 0 spiro atoms. The molecule has 0 saturated heterocycles. The second-order valence-corrected chi connectivity index (χ2v) is 4.69. The Morgan fingerprint density at radius 2 is 2.05 bits per heavy atom. The van der Waals surface area contributed by atoms with Gasteiger partial charge in [-0.15, -0.1) is 0 Å². The maximum absolute atomic E-state index is 12.7. The molecule has 1 aromatic heterocycles. The number of aliphatic hydroxyl groups is 1. The Hall–Kier alpha value is -1.85. The summed E-state index contributed by atoms with van der Waals surface area (Å²) in [6, 6.07) is 9.44. The van der Waals surface area contributed by atoms with Crippen molar-refractivity contribution in [2.75, 3.05) is 20.2 Å². The van der Waals surface area contributed by atoms with Gasteiger partial charge in [-0.2, -0.15) is 0 Å². The average molecular weight is 279 g/mol. The first-order chi connectivity index (χ1) is 9.63. The number of hydrogen-bond donors (Lipinski definition) is 1. The molecule has 0 aliphatic rings. The molecule has 1 N–H and O–H groups in total. The highest BCUT2D eigenvalue weighted by Crippen LogP contribution is 2.11. The Labute approximate surface area is 117 Å². The Kier molecular flexibility index (Phi) is 5.15. The van der Waals surface area contributed by atoms with E-state index in [9.17, 15) is 9.50 Å². The van der Waals surface area contributed by atoms with E-state index in [1.54, 1.807) is 6.26 Å². The van der Waals surface area contributed by atoms with Crippen LogP contribution in [0.25, 0.3) is 0 Å². The molecule has 2 aromatic rings. The number of furan rings is 1. The van der Waals surface area contributed by atoms with Gasteiger partial charge in [-0.1, -0.05) is 0 Å². The molecular formula is C15H18FNO3. The molecule has 0 bridgehead atoms. The summed E-state index contributed by atoms with van der Waals surface area (Å²) in [4.78, 5) is 1.94. The van der Waals surface area contributed by atoms with Crippen molar-refractivity contribution in [2.24, 2.45) is 0 Å². The third-order valence-electron chi connectivity index (χ3n) is 2.78. The first-order valence-electron chi connectivity index (χ1n) is 6.41. The van der Waals surface area contributed by atoms with Gasteiger partial charge in [0.1, 0.15) is 30.0 Å². The fraction of sp³-hybridized carbons (Fsp3) is 0.333. The number of hydrogen-bond acceptors (Lipinski definition) is 4. The molecular weight excluding hydrogens is 261 g/mol. The molecule has 1 atom stereocenters. The van der Waals surface area contributed by atoms with Crippen molar-refractivity contribution in [3.05, 3.63) is 54.2 Å². The highest BCUT2D eigenvalue weighted by molar-refractivity contribution is 5.22. The van der Waals surface area contributed by atoms with Gasteiger partial charge in [0.15, 0.2) is 0 Å². The van der Waals surface area contributed by atoms with Crippen molar-refractivity contribution in [3.63, 3.8) is 0 Å².